The predicted octanol–water partition coefficient (Wildman–Crippen LogP) is 6.50. The quantitative estimate of drug-likeness (QED) is 0.196. The first kappa shape index (κ1) is 30.8. The van der Waals surface area contributed by atoms with Crippen LogP contribution in [0.3, 0.4) is 0 Å². The van der Waals surface area contributed by atoms with Gasteiger partial charge in [0.1, 0.15) is 0 Å². The van der Waals surface area contributed by atoms with Crippen LogP contribution >= 0.6 is 0 Å². The van der Waals surface area contributed by atoms with Crippen LogP contribution in [-0.2, 0) is 4.79 Å². The second-order valence-electron chi connectivity index (χ2n) is 6.53. The van der Waals surface area contributed by atoms with Crippen LogP contribution in [0.4, 0.5) is 0 Å². The van der Waals surface area contributed by atoms with Gasteiger partial charge in [-0.1, -0.05) is 84.3 Å². The van der Waals surface area contributed by atoms with Gasteiger partial charge in [-0.15, -0.1) is 0 Å². The molecule has 0 heterocycles. The van der Waals surface area contributed by atoms with Gasteiger partial charge in [-0.3, -0.25) is 4.79 Å². The van der Waals surface area contributed by atoms with Gasteiger partial charge in [-0.25, -0.2) is 0 Å². The molecule has 0 amide bonds. The maximum absolute atomic E-state index is 10.3. The van der Waals surface area contributed by atoms with Gasteiger partial charge in [-0.2, -0.15) is 0 Å². The fraction of sp³-hybridized carbons (Fsp3) is 0.870. The van der Waals surface area contributed by atoms with E-state index in [9.17, 15) is 4.79 Å². The summed E-state index contributed by atoms with van der Waals surface area (Å²) in [5.41, 5.74) is 0. The third-order valence-electron chi connectivity index (χ3n) is 3.97. The molecule has 0 saturated heterocycles. The largest absolute Gasteiger partial charge is 0.481 e. The lowest BCUT2D eigenvalue weighted by Gasteiger charge is -1.99. The molecular weight excluding hydrogens is 340 g/mol. The summed E-state index contributed by atoms with van der Waals surface area (Å²) >= 11 is 0. The van der Waals surface area contributed by atoms with Gasteiger partial charge < -0.3 is 15.3 Å². The third-order valence-corrected chi connectivity index (χ3v) is 3.97. The molecule has 27 heavy (non-hydrogen) atoms. The molecule has 0 unspecified atom stereocenters. The van der Waals surface area contributed by atoms with Crippen LogP contribution < -0.4 is 0 Å². The Kier molecular flexibility index (Phi) is 37.4. The van der Waals surface area contributed by atoms with Gasteiger partial charge in [0.15, 0.2) is 0 Å². The summed E-state index contributed by atoms with van der Waals surface area (Å²) in [5.74, 6) is -0.664. The van der Waals surface area contributed by atoms with E-state index in [0.29, 0.717) is 12.8 Å². The molecule has 4 nitrogen and oxygen atoms in total. The lowest BCUT2D eigenvalue weighted by Crippen LogP contribution is -1.93. The summed E-state index contributed by atoms with van der Waals surface area (Å²) in [5, 5.41) is 24.3. The summed E-state index contributed by atoms with van der Waals surface area (Å²) < 4.78 is 0. The molecule has 0 bridgehead atoms. The minimum atomic E-state index is -0.664. The molecule has 0 atom stereocenters. The van der Waals surface area contributed by atoms with E-state index in [-0.39, 0.29) is 13.2 Å². The molecule has 0 spiro atoms. The van der Waals surface area contributed by atoms with Gasteiger partial charge in [0.05, 0.1) is 0 Å². The number of aliphatic carboxylic acids is 1. The van der Waals surface area contributed by atoms with Crippen molar-refractivity contribution < 1.29 is 20.1 Å². The fourth-order valence-electron chi connectivity index (χ4n) is 2.42. The summed E-state index contributed by atoms with van der Waals surface area (Å²) in [6.45, 7) is 6.45. The van der Waals surface area contributed by atoms with Crippen molar-refractivity contribution in [3.63, 3.8) is 0 Å². The molecule has 164 valence electrons. The highest BCUT2D eigenvalue weighted by Crippen LogP contribution is 2.09. The topological polar surface area (TPSA) is 77.8 Å². The van der Waals surface area contributed by atoms with Crippen LogP contribution in [0.15, 0.2) is 12.2 Å². The number of allylic oxidation sites excluding steroid dienone is 2. The van der Waals surface area contributed by atoms with Crippen molar-refractivity contribution in [2.75, 3.05) is 13.2 Å². The first-order valence-corrected chi connectivity index (χ1v) is 11.3. The van der Waals surface area contributed by atoms with Crippen molar-refractivity contribution in [1.82, 2.24) is 0 Å². The molecule has 0 rings (SSSR count). The standard InChI is InChI=1S/C18H34O2.C3H8O2.C2H6/c1-2-3-4-5-6-7-8-9-10-11-12-13-14-15-16-17-18(19)20;4-2-1-3-5;1-2/h9-10H,2-8,11-17H2,1H3,(H,19,20);4-5H,1-3H2;1-2H3/b10-9-;;. The lowest BCUT2D eigenvalue weighted by molar-refractivity contribution is -0.137. The molecule has 4 heteroatoms. The molecule has 0 fully saturated rings. The number of hydrogen-bond acceptors (Lipinski definition) is 3. The average molecular weight is 389 g/mol. The highest BCUT2D eigenvalue weighted by atomic mass is 16.4. The summed E-state index contributed by atoms with van der Waals surface area (Å²) in [4.78, 5) is 10.3. The van der Waals surface area contributed by atoms with E-state index in [2.05, 4.69) is 19.1 Å². The molecule has 0 aliphatic heterocycles. The number of aliphatic hydroxyl groups is 2. The Morgan fingerprint density at radius 3 is 1.44 bits per heavy atom. The molecule has 0 aromatic carbocycles. The Morgan fingerprint density at radius 2 is 1.07 bits per heavy atom. The van der Waals surface area contributed by atoms with Gasteiger partial charge >= 0.3 is 5.97 Å². The van der Waals surface area contributed by atoms with Crippen LogP contribution in [0.5, 0.6) is 0 Å². The van der Waals surface area contributed by atoms with E-state index in [1.807, 2.05) is 13.8 Å². The SMILES string of the molecule is CC.CCCCCCCC/C=C\CCCCCCCC(=O)O.OCCCO. The first-order chi connectivity index (χ1) is 13.2. The molecule has 0 aromatic heterocycles. The van der Waals surface area contributed by atoms with Crippen molar-refractivity contribution in [2.45, 2.75) is 117 Å². The number of rotatable bonds is 17. The van der Waals surface area contributed by atoms with E-state index in [4.69, 9.17) is 15.3 Å². The molecular formula is C23H48O4. The lowest BCUT2D eigenvalue weighted by atomic mass is 10.1. The number of unbranched alkanes of at least 4 members (excludes halogenated alkanes) is 11. The molecule has 0 saturated carbocycles. The zero-order chi connectivity index (χ0) is 21.0. The van der Waals surface area contributed by atoms with Crippen LogP contribution in [-0.4, -0.2) is 34.5 Å². The van der Waals surface area contributed by atoms with Crippen LogP contribution in [0.2, 0.25) is 0 Å². The van der Waals surface area contributed by atoms with Crippen molar-refractivity contribution in [1.29, 1.82) is 0 Å². The van der Waals surface area contributed by atoms with Crippen molar-refractivity contribution in [3.8, 4) is 0 Å². The van der Waals surface area contributed by atoms with Gasteiger partial charge in [0.25, 0.3) is 0 Å². The highest BCUT2D eigenvalue weighted by molar-refractivity contribution is 5.66. The monoisotopic (exact) mass is 388 g/mol. The Bertz CT molecular complexity index is 276. The van der Waals surface area contributed by atoms with E-state index < -0.39 is 5.97 Å². The fourth-order valence-corrected chi connectivity index (χ4v) is 2.42. The number of hydrogen-bond donors (Lipinski definition) is 3. The van der Waals surface area contributed by atoms with Crippen molar-refractivity contribution in [3.05, 3.63) is 12.2 Å². The molecule has 0 aliphatic rings. The van der Waals surface area contributed by atoms with Crippen molar-refractivity contribution >= 4 is 5.97 Å². The summed E-state index contributed by atoms with van der Waals surface area (Å²) in [7, 11) is 0. The zero-order valence-corrected chi connectivity index (χ0v) is 18.4. The predicted molar refractivity (Wildman–Crippen MR) is 117 cm³/mol. The van der Waals surface area contributed by atoms with E-state index in [1.165, 1.54) is 70.6 Å². The normalized spacial score (nSPS) is 10.1. The van der Waals surface area contributed by atoms with Gasteiger partial charge in [0.2, 0.25) is 0 Å². The van der Waals surface area contributed by atoms with E-state index >= 15 is 0 Å². The van der Waals surface area contributed by atoms with Gasteiger partial charge in [0, 0.05) is 19.6 Å². The number of carbonyl (C=O) groups is 1. The Labute approximate surface area is 169 Å². The molecule has 0 aliphatic carbocycles. The second kappa shape index (κ2) is 32.8. The number of carboxylic acids is 1. The van der Waals surface area contributed by atoms with E-state index in [1.54, 1.807) is 0 Å². The number of carboxylic acid groups (broad SMARTS) is 1. The van der Waals surface area contributed by atoms with Crippen LogP contribution in [0.1, 0.15) is 117 Å². The zero-order valence-electron chi connectivity index (χ0n) is 18.4. The summed E-state index contributed by atoms with van der Waals surface area (Å²) in [6, 6.07) is 0. The molecule has 3 N–H and O–H groups in total. The average Bonchev–Trinajstić information content (AvgIpc) is 2.67. The minimum Gasteiger partial charge on any atom is -0.481 e. The maximum atomic E-state index is 10.3. The third kappa shape index (κ3) is 40.9. The van der Waals surface area contributed by atoms with E-state index in [0.717, 1.165) is 12.8 Å². The first-order valence-electron chi connectivity index (χ1n) is 11.3. The number of aliphatic hydroxyl groups excluding tert-OH is 2. The Balaban J connectivity index is -0.000000705. The highest BCUT2D eigenvalue weighted by Gasteiger charge is 1.95. The van der Waals surface area contributed by atoms with Crippen LogP contribution in [0.25, 0.3) is 0 Å². The minimum absolute atomic E-state index is 0.0938. The molecule has 0 aromatic rings. The van der Waals surface area contributed by atoms with Gasteiger partial charge in [-0.05, 0) is 38.5 Å². The van der Waals surface area contributed by atoms with Crippen molar-refractivity contribution in [2.24, 2.45) is 0 Å². The summed E-state index contributed by atoms with van der Waals surface area (Å²) in [6.07, 6.45) is 21.7. The second-order valence-corrected chi connectivity index (χ2v) is 6.53. The smallest absolute Gasteiger partial charge is 0.303 e. The Morgan fingerprint density at radius 1 is 0.667 bits per heavy atom. The molecule has 0 radical (unpaired) electrons. The van der Waals surface area contributed by atoms with Crippen LogP contribution in [0, 0.1) is 0 Å². The Hall–Kier alpha value is -0.870. The maximum Gasteiger partial charge on any atom is 0.303 e.